The smallest absolute Gasteiger partial charge is 0.193 e. The zero-order valence-corrected chi connectivity index (χ0v) is 35.0. The summed E-state index contributed by atoms with van der Waals surface area (Å²) in [7, 11) is 0. The molecule has 0 bridgehead atoms. The monoisotopic (exact) mass is 946 g/mol. The van der Waals surface area contributed by atoms with Gasteiger partial charge in [-0.3, -0.25) is 0 Å². The summed E-state index contributed by atoms with van der Waals surface area (Å²) in [6.45, 7) is 0. The first-order valence-electron chi connectivity index (χ1n) is 14.9. The molecule has 4 aliphatic rings. The maximum atomic E-state index is 6.99. The van der Waals surface area contributed by atoms with Gasteiger partial charge in [0.1, 0.15) is 9.67 Å². The van der Waals surface area contributed by atoms with Gasteiger partial charge in [-0.2, -0.15) is 0 Å². The van der Waals surface area contributed by atoms with Crippen molar-refractivity contribution >= 4 is 160 Å². The summed E-state index contributed by atoms with van der Waals surface area (Å²) < 4.78 is 10.1. The molecule has 0 amide bonds. The summed E-state index contributed by atoms with van der Waals surface area (Å²) in [4.78, 5) is -0.863. The quantitative estimate of drug-likeness (QED) is 0.226. The van der Waals surface area contributed by atoms with Crippen LogP contribution in [0, 0.1) is 11.8 Å². The van der Waals surface area contributed by atoms with Crippen molar-refractivity contribution in [3.05, 3.63) is 0 Å². The zero-order valence-electron chi connectivity index (χ0n) is 23.4. The molecule has 0 saturated heterocycles. The standard InChI is InChI=1S/C28H38Br2Cl10O2S/c29-17-9-11-25(23(31)32,21(13-17)41-19-5-1-15(2-6-19)27(35,36)37)43-26(24(33)34)12-10-18(30)14-22(26)42-20-7-3-16(4-8-20)28(38,39)40/h15-24H,1-14H2. The van der Waals surface area contributed by atoms with E-state index < -0.39 is 26.8 Å². The molecule has 0 spiro atoms. The molecule has 252 valence electrons. The lowest BCUT2D eigenvalue weighted by Crippen LogP contribution is -2.60. The predicted molar refractivity (Wildman–Crippen MR) is 199 cm³/mol. The van der Waals surface area contributed by atoms with Gasteiger partial charge < -0.3 is 9.47 Å². The Kier molecular flexibility index (Phi) is 15.4. The summed E-state index contributed by atoms with van der Waals surface area (Å²) >= 11 is 74.7. The second-order valence-electron chi connectivity index (χ2n) is 12.6. The molecule has 0 aliphatic heterocycles. The maximum absolute atomic E-state index is 6.99. The van der Waals surface area contributed by atoms with Crippen LogP contribution in [0.15, 0.2) is 0 Å². The second-order valence-corrected chi connectivity index (χ2v) is 23.9. The summed E-state index contributed by atoms with van der Waals surface area (Å²) in [5.41, 5.74) is 0. The van der Waals surface area contributed by atoms with Crippen LogP contribution < -0.4 is 0 Å². The first kappa shape index (κ1) is 39.9. The van der Waals surface area contributed by atoms with Gasteiger partial charge in [-0.15, -0.1) is 58.2 Å². The molecule has 4 aliphatic carbocycles. The first-order chi connectivity index (χ1) is 20.0. The molecule has 4 fully saturated rings. The zero-order chi connectivity index (χ0) is 31.8. The van der Waals surface area contributed by atoms with E-state index in [1.165, 1.54) is 0 Å². The highest BCUT2D eigenvalue weighted by Gasteiger charge is 2.59. The number of hydrogen-bond donors (Lipinski definition) is 0. The molecule has 0 heterocycles. The van der Waals surface area contributed by atoms with E-state index in [0.29, 0.717) is 0 Å². The molecular weight excluding hydrogens is 915 g/mol. The third-order valence-electron chi connectivity index (χ3n) is 9.83. The van der Waals surface area contributed by atoms with Crippen LogP contribution in [0.1, 0.15) is 89.9 Å². The molecule has 6 unspecified atom stereocenters. The molecule has 0 N–H and O–H groups in total. The van der Waals surface area contributed by atoms with Gasteiger partial charge >= 0.3 is 0 Å². The third-order valence-corrected chi connectivity index (χ3v) is 17.6. The highest BCUT2D eigenvalue weighted by atomic mass is 79.9. The van der Waals surface area contributed by atoms with Crippen LogP contribution in [-0.4, -0.2) is 60.8 Å². The van der Waals surface area contributed by atoms with Gasteiger partial charge in [-0.1, -0.05) is 101 Å². The Labute approximate surface area is 328 Å². The Morgan fingerprint density at radius 1 is 0.558 bits per heavy atom. The van der Waals surface area contributed by atoms with Crippen LogP contribution in [0.25, 0.3) is 0 Å². The fourth-order valence-corrected chi connectivity index (χ4v) is 13.1. The van der Waals surface area contributed by atoms with Crippen molar-refractivity contribution in [2.45, 2.75) is 151 Å². The van der Waals surface area contributed by atoms with Crippen molar-refractivity contribution in [3.63, 3.8) is 0 Å². The molecule has 0 aromatic rings. The van der Waals surface area contributed by atoms with E-state index in [0.717, 1.165) is 89.9 Å². The van der Waals surface area contributed by atoms with Gasteiger partial charge in [0.2, 0.25) is 0 Å². The van der Waals surface area contributed by atoms with Crippen LogP contribution in [0.5, 0.6) is 0 Å². The van der Waals surface area contributed by atoms with Crippen LogP contribution in [0.4, 0.5) is 0 Å². The average Bonchev–Trinajstić information content (AvgIpc) is 2.91. The van der Waals surface area contributed by atoms with Crippen LogP contribution in [0.2, 0.25) is 0 Å². The van der Waals surface area contributed by atoms with Gasteiger partial charge in [-0.05, 0) is 89.9 Å². The largest absolute Gasteiger partial charge is 0.373 e. The van der Waals surface area contributed by atoms with Crippen molar-refractivity contribution in [2.24, 2.45) is 11.8 Å². The number of ether oxygens (including phenoxy) is 2. The molecule has 0 aromatic carbocycles. The summed E-state index contributed by atoms with van der Waals surface area (Å²) in [5.74, 6) is 0.0263. The fourth-order valence-electron chi connectivity index (χ4n) is 7.22. The lowest BCUT2D eigenvalue weighted by Gasteiger charge is -2.55. The van der Waals surface area contributed by atoms with Gasteiger partial charge in [-0.25, -0.2) is 0 Å². The molecule has 4 rings (SSSR count). The van der Waals surface area contributed by atoms with E-state index in [-0.39, 0.29) is 45.9 Å². The van der Waals surface area contributed by atoms with Gasteiger partial charge in [0.15, 0.2) is 7.59 Å². The van der Waals surface area contributed by atoms with Crippen molar-refractivity contribution < 1.29 is 9.47 Å². The fraction of sp³-hybridized carbons (Fsp3) is 1.00. The van der Waals surface area contributed by atoms with Gasteiger partial charge in [0, 0.05) is 21.5 Å². The highest BCUT2D eigenvalue weighted by molar-refractivity contribution is 9.09. The van der Waals surface area contributed by atoms with Crippen molar-refractivity contribution in [3.8, 4) is 0 Å². The van der Waals surface area contributed by atoms with Crippen molar-refractivity contribution in [1.29, 1.82) is 0 Å². The first-order valence-corrected chi connectivity index (χ1v) is 21.6. The van der Waals surface area contributed by atoms with Gasteiger partial charge in [0.25, 0.3) is 0 Å². The van der Waals surface area contributed by atoms with E-state index in [1.54, 1.807) is 11.8 Å². The Morgan fingerprint density at radius 2 is 0.884 bits per heavy atom. The minimum absolute atomic E-state index is 0.0132. The molecule has 0 aromatic heterocycles. The summed E-state index contributed by atoms with van der Waals surface area (Å²) in [5, 5.41) is 0. The molecule has 0 radical (unpaired) electrons. The van der Waals surface area contributed by atoms with E-state index >= 15 is 0 Å². The lowest BCUT2D eigenvalue weighted by molar-refractivity contribution is -0.0700. The minimum Gasteiger partial charge on any atom is -0.373 e. The Bertz CT molecular complexity index is 826. The van der Waals surface area contributed by atoms with Crippen LogP contribution in [0.3, 0.4) is 0 Å². The topological polar surface area (TPSA) is 18.5 Å². The molecule has 6 atom stereocenters. The number of alkyl halides is 12. The third kappa shape index (κ3) is 10.1. The maximum Gasteiger partial charge on any atom is 0.193 e. The summed E-state index contributed by atoms with van der Waals surface area (Å²) in [6.07, 6.45) is 10.8. The molecule has 2 nitrogen and oxygen atoms in total. The van der Waals surface area contributed by atoms with Crippen molar-refractivity contribution in [2.75, 3.05) is 0 Å². The molecular formula is C28H38Br2Cl10O2S. The predicted octanol–water partition coefficient (Wildman–Crippen LogP) is 13.3. The Morgan fingerprint density at radius 3 is 1.16 bits per heavy atom. The normalized spacial score (nSPS) is 42.0. The molecule has 43 heavy (non-hydrogen) atoms. The van der Waals surface area contributed by atoms with E-state index in [1.807, 2.05) is 0 Å². The lowest BCUT2D eigenvalue weighted by atomic mass is 9.84. The molecule has 4 saturated carbocycles. The summed E-state index contributed by atoms with van der Waals surface area (Å²) in [6, 6.07) is 0. The SMILES string of the molecule is ClC(Cl)C1(SC2(C(Cl)Cl)CCC(Br)CC2OC2CCC(C(Cl)(Cl)Cl)CC2)CCC(Br)CC1OC1CCC(C(Cl)(Cl)Cl)CC1. The minimum atomic E-state index is -1.26. The average molecular weight is 953 g/mol. The Hall–Kier alpha value is 4.13. The van der Waals surface area contributed by atoms with Gasteiger partial charge in [0.05, 0.1) is 33.9 Å². The number of rotatable bonds is 8. The van der Waals surface area contributed by atoms with E-state index in [2.05, 4.69) is 31.9 Å². The molecule has 15 heteroatoms. The second kappa shape index (κ2) is 16.6. The van der Waals surface area contributed by atoms with E-state index in [4.69, 9.17) is 125 Å². The number of thioether (sulfide) groups is 1. The highest BCUT2D eigenvalue weighted by Crippen LogP contribution is 2.60. The number of hydrogen-bond acceptors (Lipinski definition) is 3. The van der Waals surface area contributed by atoms with Crippen molar-refractivity contribution in [1.82, 2.24) is 0 Å². The Balaban J connectivity index is 1.57. The van der Waals surface area contributed by atoms with Crippen LogP contribution >= 0.6 is 160 Å². The van der Waals surface area contributed by atoms with E-state index in [9.17, 15) is 0 Å². The van der Waals surface area contributed by atoms with Crippen LogP contribution in [-0.2, 0) is 9.47 Å². The number of halogens is 12.